The van der Waals surface area contributed by atoms with Gasteiger partial charge in [-0.3, -0.25) is 0 Å². The summed E-state index contributed by atoms with van der Waals surface area (Å²) < 4.78 is 46.0. The van der Waals surface area contributed by atoms with Crippen molar-refractivity contribution in [2.24, 2.45) is 5.11 Å². The maximum atomic E-state index is 13.6. The van der Waals surface area contributed by atoms with Gasteiger partial charge in [0.25, 0.3) is 0 Å². The molecule has 14 heteroatoms. The van der Waals surface area contributed by atoms with Crippen LogP contribution in [0.1, 0.15) is 5.56 Å². The third-order valence-electron chi connectivity index (χ3n) is 4.91. The van der Waals surface area contributed by atoms with Gasteiger partial charge < -0.3 is 25.4 Å². The van der Waals surface area contributed by atoms with Gasteiger partial charge in [0, 0.05) is 16.7 Å². The van der Waals surface area contributed by atoms with E-state index in [-0.39, 0.29) is 26.3 Å². The number of nitrogens with one attached hydrogen (secondary N) is 2. The van der Waals surface area contributed by atoms with Gasteiger partial charge in [0.2, 0.25) is 0 Å². The molecule has 34 heavy (non-hydrogen) atoms. The summed E-state index contributed by atoms with van der Waals surface area (Å²) in [5.74, 6) is -4.64. The van der Waals surface area contributed by atoms with Crippen molar-refractivity contribution in [3.05, 3.63) is 68.5 Å². The molecule has 3 rings (SSSR count). The van der Waals surface area contributed by atoms with E-state index in [0.717, 1.165) is 18.0 Å². The van der Waals surface area contributed by atoms with E-state index in [9.17, 15) is 28.5 Å². The molecule has 1 fully saturated rings. The number of aliphatic hydroxyl groups excluding tert-OH is 3. The molecule has 7 nitrogen and oxygen atoms in total. The Bertz CT molecular complexity index is 1090. The Kier molecular flexibility index (Phi) is 9.10. The van der Waals surface area contributed by atoms with Crippen LogP contribution in [0, 0.1) is 23.0 Å². The molecule has 2 aromatic rings. The van der Waals surface area contributed by atoms with Crippen molar-refractivity contribution >= 4 is 52.3 Å². The number of halogens is 6. The highest BCUT2D eigenvalue weighted by atomic mass is 35.5. The highest BCUT2D eigenvalue weighted by Gasteiger charge is 2.44. The van der Waals surface area contributed by atoms with Gasteiger partial charge in [0.1, 0.15) is 29.4 Å². The lowest BCUT2D eigenvalue weighted by atomic mass is 9.97. The van der Waals surface area contributed by atoms with Crippen molar-refractivity contribution < 1.29 is 33.2 Å². The second kappa shape index (κ2) is 11.4. The maximum Gasteiger partial charge on any atom is 0.194 e. The molecular weight excluding hydrogens is 542 g/mol. The highest BCUT2D eigenvalue weighted by molar-refractivity contribution is 8.00. The van der Waals surface area contributed by atoms with Crippen LogP contribution in [0.2, 0.25) is 15.1 Å². The molecule has 1 aliphatic rings. The summed E-state index contributed by atoms with van der Waals surface area (Å²) in [7, 11) is 0. The number of thioether (sulfide) groups is 1. The van der Waals surface area contributed by atoms with Crippen LogP contribution in [0.3, 0.4) is 0 Å². The summed E-state index contributed by atoms with van der Waals surface area (Å²) in [6.07, 6.45) is -2.97. The van der Waals surface area contributed by atoms with Crippen LogP contribution in [0.5, 0.6) is 0 Å². The van der Waals surface area contributed by atoms with Crippen molar-refractivity contribution in [2.75, 3.05) is 6.61 Å². The fourth-order valence-electron chi connectivity index (χ4n) is 3.16. The molecule has 5 N–H and O–H groups in total. The van der Waals surface area contributed by atoms with E-state index < -0.39 is 53.8 Å². The van der Waals surface area contributed by atoms with Gasteiger partial charge in [0.05, 0.1) is 27.7 Å². The Morgan fingerprint density at radius 1 is 1.06 bits per heavy atom. The lowest BCUT2D eigenvalue weighted by molar-refractivity contribution is -0.164. The molecule has 0 radical (unpaired) electrons. The van der Waals surface area contributed by atoms with Gasteiger partial charge >= 0.3 is 0 Å². The lowest BCUT2D eigenvalue weighted by Crippen LogP contribution is -2.61. The van der Waals surface area contributed by atoms with Crippen LogP contribution >= 0.6 is 46.6 Å². The number of nitrogens with zero attached hydrogens (tertiary/aromatic N) is 1. The summed E-state index contributed by atoms with van der Waals surface area (Å²) in [5, 5.41) is 37.4. The molecule has 1 saturated heterocycles. The van der Waals surface area contributed by atoms with Gasteiger partial charge in [-0.25, -0.2) is 18.7 Å². The summed E-state index contributed by atoms with van der Waals surface area (Å²) in [5.41, 5.74) is 5.64. The molecule has 5 atom stereocenters. The first-order chi connectivity index (χ1) is 16.1. The molecule has 0 saturated carbocycles. The zero-order valence-electron chi connectivity index (χ0n) is 16.9. The average molecular weight is 559 g/mol. The second-order valence-corrected chi connectivity index (χ2v) is 9.47. The van der Waals surface area contributed by atoms with Crippen molar-refractivity contribution in [3.8, 4) is 0 Å². The van der Waals surface area contributed by atoms with E-state index in [1.54, 1.807) is 0 Å². The quantitative estimate of drug-likeness (QED) is 0.193. The van der Waals surface area contributed by atoms with E-state index >= 15 is 0 Å². The Morgan fingerprint density at radius 2 is 1.68 bits per heavy atom. The number of benzene rings is 2. The number of hydrogen-bond donors (Lipinski definition) is 5. The van der Waals surface area contributed by atoms with E-state index in [1.807, 2.05) is 0 Å². The Morgan fingerprint density at radius 3 is 2.26 bits per heavy atom. The van der Waals surface area contributed by atoms with Crippen LogP contribution in [0.15, 0.2) is 40.5 Å². The third-order valence-corrected chi connectivity index (χ3v) is 7.28. The van der Waals surface area contributed by atoms with Crippen molar-refractivity contribution in [3.63, 3.8) is 0 Å². The number of aliphatic hydroxyl groups is 3. The van der Waals surface area contributed by atoms with Crippen LogP contribution in [-0.2, 0) is 4.74 Å². The first-order valence-electron chi connectivity index (χ1n) is 9.49. The zero-order valence-corrected chi connectivity index (χ0v) is 19.9. The molecule has 0 aliphatic carbocycles. The van der Waals surface area contributed by atoms with Gasteiger partial charge in [-0.05, 0) is 24.3 Å². The van der Waals surface area contributed by atoms with Gasteiger partial charge in [-0.1, -0.05) is 46.6 Å². The Hall–Kier alpha value is -1.57. The van der Waals surface area contributed by atoms with Crippen LogP contribution in [0.4, 0.5) is 13.2 Å². The second-order valence-electron chi connectivity index (χ2n) is 7.11. The highest BCUT2D eigenvalue weighted by Crippen LogP contribution is 2.40. The molecule has 2 aromatic carbocycles. The largest absolute Gasteiger partial charge is 0.394 e. The number of hydrogen-bond acceptors (Lipinski definition) is 8. The maximum absolute atomic E-state index is 13.6. The summed E-state index contributed by atoms with van der Waals surface area (Å²) >= 11 is 19.1. The van der Waals surface area contributed by atoms with Gasteiger partial charge in [0.15, 0.2) is 17.5 Å². The molecule has 1 heterocycles. The minimum absolute atomic E-state index is 0.204. The topological polar surface area (TPSA) is 118 Å². The van der Waals surface area contributed by atoms with E-state index in [2.05, 4.69) is 10.4 Å². The monoisotopic (exact) mass is 557 g/mol. The normalized spacial score (nSPS) is 25.3. The van der Waals surface area contributed by atoms with Gasteiger partial charge in [-0.15, -0.1) is 0 Å². The minimum Gasteiger partial charge on any atom is -0.394 e. The van der Waals surface area contributed by atoms with Crippen LogP contribution in [-0.4, -0.2) is 51.7 Å². The third kappa shape index (κ3) is 5.80. The summed E-state index contributed by atoms with van der Waals surface area (Å²) in [4.78, 5) is 0.404. The molecular formula is C20H17Cl3F3N3O4S. The minimum atomic E-state index is -1.68. The molecule has 3 unspecified atom stereocenters. The zero-order chi connectivity index (χ0) is 25.2. The fourth-order valence-corrected chi connectivity index (χ4v) is 5.02. The Labute approximate surface area is 211 Å². The van der Waals surface area contributed by atoms with Crippen molar-refractivity contribution in [1.29, 1.82) is 5.53 Å². The fraction of sp³-hybridized carbons (Fsp3) is 0.300. The standard InChI is InChI=1S/C20H17Cl3F3N3O4S/c21-8-3-10(23)15(4-9(8)22)34-20-19(32)17(18(31)14(6-30)33-20)28-5-13(29-27)7-1-11(24)16(26)12(25)2-7/h1-5,14,17-20,27-28,30-32H,6H2/b13-5-,29-27?/t14?,17?,18-,19?,20+/m0/s1. The molecule has 0 spiro atoms. The van der Waals surface area contributed by atoms with Gasteiger partial charge in [-0.2, -0.15) is 5.11 Å². The first-order valence-corrected chi connectivity index (χ1v) is 11.5. The molecule has 0 aromatic heterocycles. The molecule has 1 aliphatic heterocycles. The summed E-state index contributed by atoms with van der Waals surface area (Å²) in [6, 6.07) is 2.97. The lowest BCUT2D eigenvalue weighted by Gasteiger charge is -2.42. The van der Waals surface area contributed by atoms with Crippen LogP contribution < -0.4 is 5.32 Å². The Balaban J connectivity index is 1.87. The predicted octanol–water partition coefficient (Wildman–Crippen LogP) is 4.58. The SMILES string of the molecule is N=N/C(=C\NC1C(O)[C@@H](Sc2cc(Cl)c(Cl)cc2Cl)OC(CO)[C@@H]1O)c1cc(F)c(F)c(F)c1. The number of ether oxygens (including phenoxy) is 1. The molecule has 184 valence electrons. The average Bonchev–Trinajstić information content (AvgIpc) is 2.79. The smallest absolute Gasteiger partial charge is 0.194 e. The van der Waals surface area contributed by atoms with E-state index in [0.29, 0.717) is 17.0 Å². The summed E-state index contributed by atoms with van der Waals surface area (Å²) in [6.45, 7) is -0.605. The van der Waals surface area contributed by atoms with Crippen molar-refractivity contribution in [1.82, 2.24) is 5.32 Å². The predicted molar refractivity (Wildman–Crippen MR) is 121 cm³/mol. The first kappa shape index (κ1) is 27.0. The number of rotatable bonds is 7. The molecule has 0 bridgehead atoms. The van der Waals surface area contributed by atoms with E-state index in [1.165, 1.54) is 12.1 Å². The van der Waals surface area contributed by atoms with Crippen molar-refractivity contribution in [2.45, 2.75) is 34.7 Å². The molecule has 0 amide bonds. The van der Waals surface area contributed by atoms with Crippen LogP contribution in [0.25, 0.3) is 5.70 Å². The van der Waals surface area contributed by atoms with E-state index in [4.69, 9.17) is 45.1 Å².